The Balaban J connectivity index is 1.40. The summed E-state index contributed by atoms with van der Waals surface area (Å²) >= 11 is 0. The number of aromatic nitrogens is 3. The normalized spacial score (nSPS) is 12.3. The van der Waals surface area contributed by atoms with Gasteiger partial charge in [-0.05, 0) is 102 Å². The molecular weight excluding hydrogens is 587 g/mol. The van der Waals surface area contributed by atoms with Gasteiger partial charge in [-0.3, -0.25) is 4.57 Å². The van der Waals surface area contributed by atoms with Crippen molar-refractivity contribution in [1.82, 2.24) is 14.1 Å². The highest BCUT2D eigenvalue weighted by Crippen LogP contribution is 2.40. The highest BCUT2D eigenvalue weighted by molar-refractivity contribution is 6.08. The van der Waals surface area contributed by atoms with Crippen molar-refractivity contribution in [2.75, 3.05) is 0 Å². The van der Waals surface area contributed by atoms with Gasteiger partial charge in [0.1, 0.15) is 5.65 Å². The zero-order valence-electron chi connectivity index (χ0n) is 25.9. The van der Waals surface area contributed by atoms with Crippen LogP contribution in [0.2, 0.25) is 0 Å². The van der Waals surface area contributed by atoms with E-state index in [0.717, 1.165) is 85.0 Å². The number of hydrogen-bond acceptors (Lipinski definition) is 3. The summed E-state index contributed by atoms with van der Waals surface area (Å²) in [5, 5.41) is 23.2. The Morgan fingerprint density at radius 3 is 2.19 bits per heavy atom. The number of nitrogens with zero attached hydrogens (tertiary/aromatic N) is 5. The van der Waals surface area contributed by atoms with Crippen molar-refractivity contribution in [3.63, 3.8) is 0 Å². The lowest BCUT2D eigenvalue weighted by Gasteiger charge is -2.18. The molecule has 0 amide bonds. The topological polar surface area (TPSA) is 70.3 Å². The third-order valence-corrected chi connectivity index (χ3v) is 9.51. The summed E-state index contributed by atoms with van der Waals surface area (Å²) in [6.07, 6.45) is 8.19. The van der Waals surface area contributed by atoms with E-state index in [2.05, 4.69) is 106 Å². The third kappa shape index (κ3) is 4.19. The summed E-state index contributed by atoms with van der Waals surface area (Å²) < 4.78 is 4.59. The molecule has 1 aliphatic rings. The highest BCUT2D eigenvalue weighted by Gasteiger charge is 2.22. The fourth-order valence-corrected chi connectivity index (χ4v) is 7.43. The van der Waals surface area contributed by atoms with Gasteiger partial charge in [0.15, 0.2) is 0 Å². The molecule has 5 aromatic carbocycles. The number of nitriles is 2. The van der Waals surface area contributed by atoms with Crippen molar-refractivity contribution >= 4 is 38.9 Å². The first kappa shape index (κ1) is 27.6. The molecule has 0 saturated heterocycles. The van der Waals surface area contributed by atoms with Crippen molar-refractivity contribution in [3.8, 4) is 45.8 Å². The monoisotopic (exact) mass is 613 g/mol. The van der Waals surface area contributed by atoms with E-state index in [-0.39, 0.29) is 0 Å². The van der Waals surface area contributed by atoms with Crippen molar-refractivity contribution in [2.24, 2.45) is 0 Å². The summed E-state index contributed by atoms with van der Waals surface area (Å²) in [5.41, 5.74) is 12.7. The number of para-hydroxylation sites is 1. The van der Waals surface area contributed by atoms with E-state index in [0.29, 0.717) is 11.1 Å². The number of fused-ring (bicyclic) bond motifs is 6. The molecule has 0 bridgehead atoms. The third-order valence-electron chi connectivity index (χ3n) is 9.51. The molecule has 1 aliphatic carbocycles. The maximum Gasteiger partial charge on any atom is 0.145 e. The van der Waals surface area contributed by atoms with Gasteiger partial charge in [-0.15, -0.1) is 0 Å². The van der Waals surface area contributed by atoms with Gasteiger partial charge in [-0.2, -0.15) is 10.5 Å². The number of hydrogen-bond donors (Lipinski definition) is 0. The van der Waals surface area contributed by atoms with E-state index >= 15 is 0 Å². The minimum atomic E-state index is 0.636. The van der Waals surface area contributed by atoms with Crippen molar-refractivity contribution < 1.29 is 0 Å². The van der Waals surface area contributed by atoms with E-state index in [1.807, 2.05) is 54.7 Å². The second-order valence-corrected chi connectivity index (χ2v) is 12.2. The molecule has 8 aromatic rings. The number of rotatable bonds is 4. The van der Waals surface area contributed by atoms with Crippen LogP contribution < -0.4 is 0 Å². The molecule has 0 unspecified atom stereocenters. The molecule has 0 saturated carbocycles. The molecule has 3 heterocycles. The second kappa shape index (κ2) is 11.0. The van der Waals surface area contributed by atoms with Crippen LogP contribution in [0, 0.1) is 22.7 Å². The van der Waals surface area contributed by atoms with E-state index in [1.165, 1.54) is 5.56 Å². The molecule has 0 radical (unpaired) electrons. The van der Waals surface area contributed by atoms with E-state index < -0.39 is 0 Å². The van der Waals surface area contributed by atoms with Crippen LogP contribution in [0.4, 0.5) is 0 Å². The minimum absolute atomic E-state index is 0.636. The number of pyridine rings is 1. The fourth-order valence-electron chi connectivity index (χ4n) is 7.43. The zero-order valence-corrected chi connectivity index (χ0v) is 25.9. The van der Waals surface area contributed by atoms with Crippen LogP contribution in [0.5, 0.6) is 0 Å². The molecule has 0 fully saturated rings. The quantitative estimate of drug-likeness (QED) is 0.198. The molecule has 9 rings (SSSR count). The largest absolute Gasteiger partial charge is 0.309 e. The summed E-state index contributed by atoms with van der Waals surface area (Å²) in [5.74, 6) is 0. The molecule has 3 aromatic heterocycles. The standard InChI is InChI=1S/C43H27N5/c44-26-28-19-20-42-39(22-28)37-15-6-7-17-40(37)47(42)31-23-30(34-12-3-4-13-35(34)33-11-2-1-10-29(33)27-45)24-32(25-31)48-41-18-8-5-14-36(41)38-16-9-21-46-43(38)48/h1-5,7-14,16-25H,6,15H2. The van der Waals surface area contributed by atoms with Crippen LogP contribution in [0.1, 0.15) is 28.8 Å². The van der Waals surface area contributed by atoms with E-state index in [9.17, 15) is 10.5 Å². The zero-order chi connectivity index (χ0) is 32.2. The first-order valence-corrected chi connectivity index (χ1v) is 16.1. The molecule has 48 heavy (non-hydrogen) atoms. The van der Waals surface area contributed by atoms with Gasteiger partial charge in [-0.1, -0.05) is 66.7 Å². The van der Waals surface area contributed by atoms with Crippen molar-refractivity contribution in [3.05, 3.63) is 156 Å². The lowest BCUT2D eigenvalue weighted by Crippen LogP contribution is -2.03. The molecule has 0 N–H and O–H groups in total. The second-order valence-electron chi connectivity index (χ2n) is 12.2. The lowest BCUT2D eigenvalue weighted by molar-refractivity contribution is 0.966. The Morgan fingerprint density at radius 2 is 1.33 bits per heavy atom. The van der Waals surface area contributed by atoms with Gasteiger partial charge in [-0.25, -0.2) is 4.98 Å². The fraction of sp³-hybridized carbons (Fsp3) is 0.0465. The number of benzene rings is 5. The van der Waals surface area contributed by atoms with Gasteiger partial charge in [0.05, 0.1) is 40.0 Å². The van der Waals surface area contributed by atoms with E-state index in [1.54, 1.807) is 0 Å². The van der Waals surface area contributed by atoms with Crippen molar-refractivity contribution in [1.29, 1.82) is 10.5 Å². The molecule has 5 heteroatoms. The maximum absolute atomic E-state index is 10.0. The Kier molecular flexibility index (Phi) is 6.32. The molecule has 5 nitrogen and oxygen atoms in total. The lowest BCUT2D eigenvalue weighted by atomic mass is 9.91. The van der Waals surface area contributed by atoms with Crippen LogP contribution in [0.25, 0.3) is 72.5 Å². The number of aryl methyl sites for hydroxylation is 1. The van der Waals surface area contributed by atoms with Crippen LogP contribution in [0.3, 0.4) is 0 Å². The minimum Gasteiger partial charge on any atom is -0.309 e. The van der Waals surface area contributed by atoms with Gasteiger partial charge >= 0.3 is 0 Å². The first-order chi connectivity index (χ1) is 23.7. The number of allylic oxidation sites excluding steroid dienone is 1. The Hall–Kier alpha value is -6.69. The highest BCUT2D eigenvalue weighted by atomic mass is 15.1. The van der Waals surface area contributed by atoms with Gasteiger partial charge in [0, 0.05) is 39.3 Å². The summed E-state index contributed by atoms with van der Waals surface area (Å²) in [7, 11) is 0. The van der Waals surface area contributed by atoms with Crippen LogP contribution in [0.15, 0.2) is 134 Å². The molecule has 0 atom stereocenters. The summed E-state index contributed by atoms with van der Waals surface area (Å²) in [6, 6.07) is 46.2. The maximum atomic E-state index is 10.0. The summed E-state index contributed by atoms with van der Waals surface area (Å²) in [4.78, 5) is 4.89. The molecule has 0 aliphatic heterocycles. The first-order valence-electron chi connectivity index (χ1n) is 16.1. The summed E-state index contributed by atoms with van der Waals surface area (Å²) in [6.45, 7) is 0. The van der Waals surface area contributed by atoms with E-state index in [4.69, 9.17) is 4.98 Å². The van der Waals surface area contributed by atoms with Crippen LogP contribution in [-0.2, 0) is 6.42 Å². The van der Waals surface area contributed by atoms with Crippen LogP contribution in [-0.4, -0.2) is 14.1 Å². The Bertz CT molecular complexity index is 2650. The van der Waals surface area contributed by atoms with Crippen LogP contribution >= 0.6 is 0 Å². The Labute approximate surface area is 277 Å². The van der Waals surface area contributed by atoms with Gasteiger partial charge in [0.2, 0.25) is 0 Å². The molecular formula is C43H27N5. The predicted octanol–water partition coefficient (Wildman–Crippen LogP) is 10.2. The SMILES string of the molecule is N#Cc1ccc2c(c1)c1c(n2-c2cc(-c3ccccc3-c3ccccc3C#N)cc(-n3c4ccccc4c4cccnc43)c2)C=CCC1. The Morgan fingerprint density at radius 1 is 0.604 bits per heavy atom. The average Bonchev–Trinajstić information content (AvgIpc) is 3.67. The molecule has 224 valence electrons. The predicted molar refractivity (Wildman–Crippen MR) is 193 cm³/mol. The van der Waals surface area contributed by atoms with Gasteiger partial charge < -0.3 is 4.57 Å². The average molecular weight is 614 g/mol. The van der Waals surface area contributed by atoms with Crippen molar-refractivity contribution in [2.45, 2.75) is 12.8 Å². The van der Waals surface area contributed by atoms with Gasteiger partial charge in [0.25, 0.3) is 0 Å². The molecule has 0 spiro atoms. The smallest absolute Gasteiger partial charge is 0.145 e.